The molecule has 2 aromatic carbocycles. The molecule has 0 unspecified atom stereocenters. The molecule has 0 amide bonds. The van der Waals surface area contributed by atoms with Gasteiger partial charge in [0.05, 0.1) is 10.6 Å². The minimum atomic E-state index is -3.79. The van der Waals surface area contributed by atoms with E-state index >= 15 is 0 Å². The lowest BCUT2D eigenvalue weighted by Crippen LogP contribution is -2.12. The van der Waals surface area contributed by atoms with Crippen LogP contribution >= 0.6 is 0 Å². The lowest BCUT2D eigenvalue weighted by atomic mass is 10.1. The van der Waals surface area contributed by atoms with Crippen molar-refractivity contribution in [3.8, 4) is 11.3 Å². The Morgan fingerprint density at radius 3 is 2.69 bits per heavy atom. The van der Waals surface area contributed by atoms with Gasteiger partial charge in [-0.15, -0.1) is 0 Å². The van der Waals surface area contributed by atoms with Gasteiger partial charge in [0.25, 0.3) is 0 Å². The number of H-pyrrole nitrogens is 1. The van der Waals surface area contributed by atoms with E-state index in [9.17, 15) is 8.42 Å². The van der Waals surface area contributed by atoms with Gasteiger partial charge in [-0.1, -0.05) is 18.2 Å². The Morgan fingerprint density at radius 2 is 1.90 bits per heavy atom. The third-order valence-electron chi connectivity index (χ3n) is 4.48. The maximum atomic E-state index is 11.6. The van der Waals surface area contributed by atoms with Crippen LogP contribution in [0.3, 0.4) is 0 Å². The summed E-state index contributed by atoms with van der Waals surface area (Å²) in [4.78, 5) is 12.2. The predicted octanol–water partition coefficient (Wildman–Crippen LogP) is 2.52. The summed E-state index contributed by atoms with van der Waals surface area (Å²) in [5.41, 5.74) is 9.99. The van der Waals surface area contributed by atoms with Crippen molar-refractivity contribution in [2.75, 3.05) is 11.9 Å². The van der Waals surface area contributed by atoms with Gasteiger partial charge in [0.15, 0.2) is 0 Å². The molecule has 0 saturated carbocycles. The molecule has 0 aliphatic rings. The summed E-state index contributed by atoms with van der Waals surface area (Å²) >= 11 is 0. The van der Waals surface area contributed by atoms with Gasteiger partial charge < -0.3 is 16.0 Å². The molecule has 148 valence electrons. The highest BCUT2D eigenvalue weighted by molar-refractivity contribution is 7.89. The quantitative estimate of drug-likeness (QED) is 0.386. The second kappa shape index (κ2) is 7.63. The maximum Gasteiger partial charge on any atom is 0.238 e. The van der Waals surface area contributed by atoms with Crippen LogP contribution in [0.5, 0.6) is 0 Å². The van der Waals surface area contributed by atoms with Gasteiger partial charge in [0.2, 0.25) is 16.0 Å². The van der Waals surface area contributed by atoms with Crippen LogP contribution in [-0.4, -0.2) is 29.9 Å². The van der Waals surface area contributed by atoms with Gasteiger partial charge >= 0.3 is 0 Å². The summed E-state index contributed by atoms with van der Waals surface area (Å²) in [6.07, 6.45) is 2.42. The molecule has 29 heavy (non-hydrogen) atoms. The van der Waals surface area contributed by atoms with E-state index in [1.807, 2.05) is 24.3 Å². The zero-order chi connectivity index (χ0) is 20.4. The summed E-state index contributed by atoms with van der Waals surface area (Å²) in [5.74, 6) is 0.351. The van der Waals surface area contributed by atoms with Gasteiger partial charge in [0, 0.05) is 34.0 Å². The molecule has 0 spiro atoms. The van der Waals surface area contributed by atoms with Crippen molar-refractivity contribution in [1.29, 1.82) is 0 Å². The third kappa shape index (κ3) is 4.11. The highest BCUT2D eigenvalue weighted by atomic mass is 32.2. The molecule has 2 aromatic heterocycles. The summed E-state index contributed by atoms with van der Waals surface area (Å²) < 4.78 is 23.1. The maximum absolute atomic E-state index is 11.6. The number of aromatic amines is 1. The molecule has 0 fully saturated rings. The van der Waals surface area contributed by atoms with Crippen LogP contribution in [0.4, 0.5) is 11.6 Å². The zero-order valence-corrected chi connectivity index (χ0v) is 16.3. The van der Waals surface area contributed by atoms with E-state index in [1.54, 1.807) is 18.3 Å². The van der Waals surface area contributed by atoms with Crippen molar-refractivity contribution in [2.45, 2.75) is 11.3 Å². The molecule has 0 radical (unpaired) electrons. The number of nitrogens with two attached hydrogens (primary N) is 2. The number of nitrogens with zero attached hydrogens (tertiary/aromatic N) is 2. The Hall–Kier alpha value is -3.27. The monoisotopic (exact) mass is 408 g/mol. The van der Waals surface area contributed by atoms with E-state index in [0.29, 0.717) is 18.2 Å². The van der Waals surface area contributed by atoms with Gasteiger partial charge in [-0.3, -0.25) is 0 Å². The Morgan fingerprint density at radius 1 is 1.07 bits per heavy atom. The van der Waals surface area contributed by atoms with Crippen LogP contribution < -0.4 is 16.2 Å². The van der Waals surface area contributed by atoms with Gasteiger partial charge in [-0.05, 0) is 49.4 Å². The van der Waals surface area contributed by atoms with E-state index in [1.165, 1.54) is 12.1 Å². The average molecular weight is 408 g/mol. The number of rotatable bonds is 6. The minimum absolute atomic E-state index is 0.0168. The number of fused-ring (bicyclic) bond motifs is 1. The fourth-order valence-corrected chi connectivity index (χ4v) is 3.73. The Kier molecular flexibility index (Phi) is 5.01. The van der Waals surface area contributed by atoms with Crippen LogP contribution in [-0.2, 0) is 16.4 Å². The number of sulfonamides is 1. The highest BCUT2D eigenvalue weighted by Crippen LogP contribution is 2.29. The predicted molar refractivity (Wildman–Crippen MR) is 113 cm³/mol. The first-order valence-corrected chi connectivity index (χ1v) is 10.5. The van der Waals surface area contributed by atoms with Crippen molar-refractivity contribution in [1.82, 2.24) is 15.0 Å². The van der Waals surface area contributed by atoms with Crippen molar-refractivity contribution < 1.29 is 8.42 Å². The lowest BCUT2D eigenvalue weighted by molar-refractivity contribution is 0.598. The summed E-state index contributed by atoms with van der Waals surface area (Å²) in [5, 5.41) is 9.28. The van der Waals surface area contributed by atoms with Crippen molar-refractivity contribution in [3.63, 3.8) is 0 Å². The van der Waals surface area contributed by atoms with Crippen LogP contribution in [0.1, 0.15) is 5.69 Å². The molecule has 0 bridgehead atoms. The fourth-order valence-electron chi connectivity index (χ4n) is 3.18. The number of benzene rings is 2. The Labute approximate surface area is 168 Å². The molecule has 0 saturated heterocycles. The first-order chi connectivity index (χ1) is 13.9. The van der Waals surface area contributed by atoms with E-state index in [0.717, 1.165) is 34.3 Å². The molecular weight excluding hydrogens is 388 g/mol. The normalized spacial score (nSPS) is 11.7. The van der Waals surface area contributed by atoms with E-state index in [4.69, 9.17) is 10.9 Å². The molecule has 0 aliphatic heterocycles. The molecule has 4 aromatic rings. The smallest absolute Gasteiger partial charge is 0.238 e. The third-order valence-corrected chi connectivity index (χ3v) is 5.39. The summed E-state index contributed by atoms with van der Waals surface area (Å²) in [6, 6.07) is 16.1. The standard InChI is InChI=1S/C20H20N6O2S/c21-9-7-14-12-17-16(5-2-6-18(17)24-14)19-8-10-23-20(26-19)25-13-3-1-4-15(11-13)29(22,27)28/h1-6,8,10-12,24H,7,9,21H2,(H2,22,27,28)(H,23,25,26). The SMILES string of the molecule is NCCc1cc2c(-c3ccnc(Nc4cccc(S(N)(=O)=O)c4)n3)cccc2[nH]1. The Balaban J connectivity index is 1.69. The molecular formula is C20H20N6O2S. The lowest BCUT2D eigenvalue weighted by Gasteiger charge is -2.08. The van der Waals surface area contributed by atoms with Gasteiger partial charge in [-0.2, -0.15) is 0 Å². The molecule has 2 heterocycles. The van der Waals surface area contributed by atoms with Crippen LogP contribution in [0.15, 0.2) is 65.7 Å². The van der Waals surface area contributed by atoms with Gasteiger partial charge in [0.1, 0.15) is 0 Å². The fraction of sp³-hybridized carbons (Fsp3) is 0.100. The molecule has 8 nitrogen and oxygen atoms in total. The number of primary sulfonamides is 1. The van der Waals surface area contributed by atoms with Crippen LogP contribution in [0.25, 0.3) is 22.2 Å². The second-order valence-corrected chi connectivity index (χ2v) is 8.12. The van der Waals surface area contributed by atoms with Crippen LogP contribution in [0, 0.1) is 0 Å². The molecule has 4 rings (SSSR count). The molecule has 9 heteroatoms. The van der Waals surface area contributed by atoms with Crippen LogP contribution in [0.2, 0.25) is 0 Å². The van der Waals surface area contributed by atoms with E-state index in [2.05, 4.69) is 26.3 Å². The number of anilines is 2. The minimum Gasteiger partial charge on any atom is -0.358 e. The first kappa shape index (κ1) is 19.1. The first-order valence-electron chi connectivity index (χ1n) is 8.98. The average Bonchev–Trinajstić information content (AvgIpc) is 3.10. The van der Waals surface area contributed by atoms with Crippen molar-refractivity contribution >= 4 is 32.6 Å². The van der Waals surface area contributed by atoms with Crippen molar-refractivity contribution in [3.05, 3.63) is 66.5 Å². The number of hydrogen-bond acceptors (Lipinski definition) is 6. The highest BCUT2D eigenvalue weighted by Gasteiger charge is 2.11. The summed E-state index contributed by atoms with van der Waals surface area (Å²) in [7, 11) is -3.79. The molecule has 0 atom stereocenters. The second-order valence-electron chi connectivity index (χ2n) is 6.56. The van der Waals surface area contributed by atoms with E-state index < -0.39 is 10.0 Å². The van der Waals surface area contributed by atoms with E-state index in [-0.39, 0.29) is 4.90 Å². The molecule has 6 N–H and O–H groups in total. The van der Waals surface area contributed by atoms with Gasteiger partial charge in [-0.25, -0.2) is 23.5 Å². The number of nitrogens with one attached hydrogen (secondary N) is 2. The number of hydrogen-bond donors (Lipinski definition) is 4. The zero-order valence-electron chi connectivity index (χ0n) is 15.5. The number of aromatic nitrogens is 3. The Bertz CT molecular complexity index is 1280. The topological polar surface area (TPSA) is 140 Å². The summed E-state index contributed by atoms with van der Waals surface area (Å²) in [6.45, 7) is 0.571. The van der Waals surface area contributed by atoms with Crippen molar-refractivity contribution in [2.24, 2.45) is 10.9 Å². The largest absolute Gasteiger partial charge is 0.358 e. The molecule has 0 aliphatic carbocycles.